The van der Waals surface area contributed by atoms with Gasteiger partial charge in [-0.05, 0) is 64.2 Å². The van der Waals surface area contributed by atoms with E-state index in [0.717, 1.165) is 0 Å². The largest absolute Gasteiger partial charge is 0.461 e. The second kappa shape index (κ2) is 10.0. The van der Waals surface area contributed by atoms with Gasteiger partial charge in [0.1, 0.15) is 0 Å². The third kappa shape index (κ3) is 8.06. The molecule has 0 aliphatic rings. The fourth-order valence-electron chi connectivity index (χ4n) is 2.86. The molecule has 6 nitrogen and oxygen atoms in total. The standard InChI is InChI=1S/C21H31ClN2O4S/c1-15(2)27-18(25)21(14-20(6,7)12-13-23,16-8-10-17(22)11-9-16)24-29(26)28-19(3,4)5/h8-11,15,24H,12,14H2,1-7H3. The first-order valence-electron chi connectivity index (χ1n) is 9.44. The van der Waals surface area contributed by atoms with Crippen molar-refractivity contribution >= 4 is 28.8 Å². The van der Waals surface area contributed by atoms with Gasteiger partial charge in [0.15, 0.2) is 5.54 Å². The van der Waals surface area contributed by atoms with E-state index in [0.29, 0.717) is 10.6 Å². The summed E-state index contributed by atoms with van der Waals surface area (Å²) in [5.74, 6) is -0.591. The molecule has 0 radical (unpaired) electrons. The number of benzene rings is 1. The van der Waals surface area contributed by atoms with Gasteiger partial charge in [0, 0.05) is 11.4 Å². The van der Waals surface area contributed by atoms with Crippen LogP contribution in [-0.2, 0) is 30.5 Å². The minimum absolute atomic E-state index is 0.167. The molecule has 1 N–H and O–H groups in total. The lowest BCUT2D eigenvalue weighted by atomic mass is 9.74. The Balaban J connectivity index is 3.57. The maximum absolute atomic E-state index is 13.4. The van der Waals surface area contributed by atoms with Crippen LogP contribution in [0.2, 0.25) is 5.02 Å². The van der Waals surface area contributed by atoms with Crippen LogP contribution in [-0.4, -0.2) is 21.9 Å². The predicted octanol–water partition coefficient (Wildman–Crippen LogP) is 4.80. The highest BCUT2D eigenvalue weighted by Crippen LogP contribution is 2.39. The summed E-state index contributed by atoms with van der Waals surface area (Å²) in [6.45, 7) is 12.5. The van der Waals surface area contributed by atoms with Gasteiger partial charge >= 0.3 is 5.97 Å². The fourth-order valence-corrected chi connectivity index (χ4v) is 4.04. The van der Waals surface area contributed by atoms with E-state index in [-0.39, 0.29) is 18.9 Å². The summed E-state index contributed by atoms with van der Waals surface area (Å²) in [4.78, 5) is 13.4. The van der Waals surface area contributed by atoms with Crippen molar-refractivity contribution in [1.82, 2.24) is 4.72 Å². The van der Waals surface area contributed by atoms with Gasteiger partial charge in [-0.15, -0.1) is 0 Å². The van der Waals surface area contributed by atoms with Crippen LogP contribution in [0.15, 0.2) is 24.3 Å². The molecule has 2 unspecified atom stereocenters. The number of esters is 1. The minimum Gasteiger partial charge on any atom is -0.461 e. The Morgan fingerprint density at radius 1 is 1.21 bits per heavy atom. The van der Waals surface area contributed by atoms with Crippen LogP contribution < -0.4 is 4.72 Å². The second-order valence-electron chi connectivity index (χ2n) is 9.07. The van der Waals surface area contributed by atoms with Gasteiger partial charge < -0.3 is 4.74 Å². The van der Waals surface area contributed by atoms with E-state index in [1.54, 1.807) is 58.9 Å². The van der Waals surface area contributed by atoms with Gasteiger partial charge in [-0.25, -0.2) is 9.00 Å². The van der Waals surface area contributed by atoms with Gasteiger partial charge in [-0.1, -0.05) is 37.6 Å². The number of nitrogens with zero attached hydrogens (tertiary/aromatic N) is 1. The number of carbonyl (C=O) groups is 1. The highest BCUT2D eigenvalue weighted by molar-refractivity contribution is 7.78. The molecule has 0 saturated heterocycles. The lowest BCUT2D eigenvalue weighted by Gasteiger charge is -2.38. The number of nitriles is 1. The molecule has 0 amide bonds. The monoisotopic (exact) mass is 442 g/mol. The van der Waals surface area contributed by atoms with Crippen LogP contribution in [0.5, 0.6) is 0 Å². The van der Waals surface area contributed by atoms with Crippen LogP contribution >= 0.6 is 11.6 Å². The first kappa shape index (κ1) is 25.6. The lowest BCUT2D eigenvalue weighted by molar-refractivity contribution is -0.157. The van der Waals surface area contributed by atoms with Gasteiger partial charge in [0.05, 0.1) is 17.8 Å². The molecule has 0 fully saturated rings. The van der Waals surface area contributed by atoms with E-state index < -0.39 is 33.8 Å². The SMILES string of the molecule is CC(C)OC(=O)C(CC(C)(C)CC#N)(NS(=O)OC(C)(C)C)c1ccc(Cl)cc1. The average molecular weight is 443 g/mol. The zero-order valence-electron chi connectivity index (χ0n) is 18.2. The van der Waals surface area contributed by atoms with E-state index in [9.17, 15) is 14.3 Å². The van der Waals surface area contributed by atoms with Crippen molar-refractivity contribution in [3.63, 3.8) is 0 Å². The zero-order chi connectivity index (χ0) is 22.5. The van der Waals surface area contributed by atoms with Crippen molar-refractivity contribution in [2.45, 2.75) is 78.6 Å². The molecule has 0 heterocycles. The van der Waals surface area contributed by atoms with Crippen LogP contribution in [0, 0.1) is 16.7 Å². The third-order valence-electron chi connectivity index (χ3n) is 3.91. The van der Waals surface area contributed by atoms with Crippen LogP contribution in [0.1, 0.15) is 66.9 Å². The van der Waals surface area contributed by atoms with E-state index >= 15 is 0 Å². The quantitative estimate of drug-likeness (QED) is 0.555. The van der Waals surface area contributed by atoms with Crippen LogP contribution in [0.4, 0.5) is 0 Å². The van der Waals surface area contributed by atoms with Crippen molar-refractivity contribution in [2.24, 2.45) is 5.41 Å². The van der Waals surface area contributed by atoms with E-state index in [2.05, 4.69) is 10.8 Å². The third-order valence-corrected chi connectivity index (χ3v) is 5.33. The highest BCUT2D eigenvalue weighted by atomic mass is 35.5. The van der Waals surface area contributed by atoms with Gasteiger partial charge in [-0.3, -0.25) is 4.18 Å². The Kier molecular flexibility index (Phi) is 8.85. The minimum atomic E-state index is -2.01. The summed E-state index contributed by atoms with van der Waals surface area (Å²) in [5.41, 5.74) is -2.24. The molecule has 1 aromatic rings. The molecular formula is C21H31ClN2O4S. The number of carbonyl (C=O) groups excluding carboxylic acids is 1. The Morgan fingerprint density at radius 2 is 1.76 bits per heavy atom. The van der Waals surface area contributed by atoms with E-state index in [1.165, 1.54) is 0 Å². The summed E-state index contributed by atoms with van der Waals surface area (Å²) in [7, 11) is 0. The fraction of sp³-hybridized carbons (Fsp3) is 0.619. The van der Waals surface area contributed by atoms with Crippen molar-refractivity contribution < 1.29 is 17.9 Å². The maximum Gasteiger partial charge on any atom is 0.332 e. The predicted molar refractivity (Wildman–Crippen MR) is 115 cm³/mol. The topological polar surface area (TPSA) is 88.4 Å². The van der Waals surface area contributed by atoms with Crippen LogP contribution in [0.3, 0.4) is 0 Å². The molecule has 1 aromatic carbocycles. The Hall–Kier alpha value is -1.46. The highest BCUT2D eigenvalue weighted by Gasteiger charge is 2.48. The molecule has 1 rings (SSSR count). The summed E-state index contributed by atoms with van der Waals surface area (Å²) in [6, 6.07) is 8.84. The van der Waals surface area contributed by atoms with Gasteiger partial charge in [0.2, 0.25) is 11.3 Å². The molecule has 0 saturated carbocycles. The number of ether oxygens (including phenoxy) is 1. The summed E-state index contributed by atoms with van der Waals surface area (Å²) < 4.78 is 26.8. The molecule has 162 valence electrons. The van der Waals surface area contributed by atoms with Crippen molar-refractivity contribution in [3.05, 3.63) is 34.9 Å². The van der Waals surface area contributed by atoms with E-state index in [1.807, 2.05) is 13.8 Å². The van der Waals surface area contributed by atoms with Crippen molar-refractivity contribution in [1.29, 1.82) is 5.26 Å². The Morgan fingerprint density at radius 3 is 2.21 bits per heavy atom. The first-order chi connectivity index (χ1) is 13.2. The molecule has 0 aliphatic heterocycles. The Labute approximate surface area is 181 Å². The average Bonchev–Trinajstić information content (AvgIpc) is 2.51. The molecule has 2 atom stereocenters. The van der Waals surface area contributed by atoms with E-state index in [4.69, 9.17) is 20.5 Å². The van der Waals surface area contributed by atoms with Gasteiger partial charge in [0.25, 0.3) is 0 Å². The summed E-state index contributed by atoms with van der Waals surface area (Å²) in [6.07, 6.45) is -0.0156. The maximum atomic E-state index is 13.4. The molecule has 0 aliphatic carbocycles. The number of nitrogens with one attached hydrogen (secondary N) is 1. The smallest absolute Gasteiger partial charge is 0.332 e. The first-order valence-corrected chi connectivity index (χ1v) is 10.9. The summed E-state index contributed by atoms with van der Waals surface area (Å²) in [5, 5.41) is 9.74. The molecule has 0 spiro atoms. The Bertz CT molecular complexity index is 766. The number of hydrogen-bond acceptors (Lipinski definition) is 5. The number of hydrogen-bond donors (Lipinski definition) is 1. The van der Waals surface area contributed by atoms with Gasteiger partial charge in [-0.2, -0.15) is 9.98 Å². The second-order valence-corrected chi connectivity index (χ2v) is 10.4. The molecule has 8 heteroatoms. The van der Waals surface area contributed by atoms with Crippen molar-refractivity contribution in [3.8, 4) is 6.07 Å². The van der Waals surface area contributed by atoms with Crippen LogP contribution in [0.25, 0.3) is 0 Å². The molecule has 29 heavy (non-hydrogen) atoms. The van der Waals surface area contributed by atoms with Crippen molar-refractivity contribution in [2.75, 3.05) is 0 Å². The lowest BCUT2D eigenvalue weighted by Crippen LogP contribution is -2.54. The summed E-state index contributed by atoms with van der Waals surface area (Å²) >= 11 is 4.03. The molecule has 0 aromatic heterocycles. The molecule has 0 bridgehead atoms. The number of rotatable bonds is 9. The molecular weight excluding hydrogens is 412 g/mol. The zero-order valence-corrected chi connectivity index (χ0v) is 19.7. The normalized spacial score (nSPS) is 15.4. The number of halogens is 1.